The molecular weight excluding hydrogens is 400 g/mol. The summed E-state index contributed by atoms with van der Waals surface area (Å²) >= 11 is 0. The van der Waals surface area contributed by atoms with Crippen LogP contribution in [0, 0.1) is 0 Å². The van der Waals surface area contributed by atoms with Gasteiger partial charge in [-0.25, -0.2) is 9.48 Å². The fourth-order valence-electron chi connectivity index (χ4n) is 3.76. The van der Waals surface area contributed by atoms with Crippen LogP contribution in [0.1, 0.15) is 59.1 Å². The van der Waals surface area contributed by atoms with Gasteiger partial charge in [0.15, 0.2) is 0 Å². The normalized spacial score (nSPS) is 17.3. The number of likely N-dealkylation sites (tertiary alicyclic amines) is 1. The molecular formula is C21H32N6O4. The Labute approximate surface area is 181 Å². The summed E-state index contributed by atoms with van der Waals surface area (Å²) in [5.41, 5.74) is 0.233. The summed E-state index contributed by atoms with van der Waals surface area (Å²) in [5.74, 6) is -0.246. The van der Waals surface area contributed by atoms with Crippen LogP contribution in [0.15, 0.2) is 11.0 Å². The van der Waals surface area contributed by atoms with Crippen molar-refractivity contribution in [3.8, 4) is 0 Å². The summed E-state index contributed by atoms with van der Waals surface area (Å²) in [6, 6.07) is -0.200. The number of aryl methyl sites for hydroxylation is 1. The summed E-state index contributed by atoms with van der Waals surface area (Å²) < 4.78 is 8.14. The van der Waals surface area contributed by atoms with Crippen molar-refractivity contribution in [1.82, 2.24) is 29.8 Å². The van der Waals surface area contributed by atoms with E-state index in [0.717, 1.165) is 18.5 Å². The van der Waals surface area contributed by atoms with Crippen LogP contribution in [0.3, 0.4) is 0 Å². The minimum Gasteiger partial charge on any atom is -0.444 e. The molecule has 1 aliphatic heterocycles. The number of aromatic nitrogens is 4. The first kappa shape index (κ1) is 22.8. The maximum Gasteiger partial charge on any atom is 0.410 e. The van der Waals surface area contributed by atoms with Crippen molar-refractivity contribution < 1.29 is 14.3 Å². The van der Waals surface area contributed by atoms with Crippen molar-refractivity contribution in [3.63, 3.8) is 0 Å². The van der Waals surface area contributed by atoms with Gasteiger partial charge in [0.1, 0.15) is 17.7 Å². The van der Waals surface area contributed by atoms with Crippen molar-refractivity contribution in [2.24, 2.45) is 7.05 Å². The van der Waals surface area contributed by atoms with E-state index in [9.17, 15) is 14.4 Å². The van der Waals surface area contributed by atoms with Crippen LogP contribution in [0.2, 0.25) is 0 Å². The summed E-state index contributed by atoms with van der Waals surface area (Å²) in [6.07, 6.45) is 2.77. The van der Waals surface area contributed by atoms with E-state index in [1.54, 1.807) is 18.1 Å². The van der Waals surface area contributed by atoms with E-state index >= 15 is 0 Å². The Morgan fingerprint density at radius 1 is 1.32 bits per heavy atom. The molecule has 0 saturated carbocycles. The van der Waals surface area contributed by atoms with Gasteiger partial charge in [0.2, 0.25) is 5.91 Å². The van der Waals surface area contributed by atoms with E-state index in [4.69, 9.17) is 4.74 Å². The Morgan fingerprint density at radius 3 is 2.68 bits per heavy atom. The molecule has 170 valence electrons. The molecule has 1 aliphatic rings. The Balaban J connectivity index is 1.72. The zero-order valence-electron chi connectivity index (χ0n) is 19.1. The van der Waals surface area contributed by atoms with Crippen molar-refractivity contribution in [2.45, 2.75) is 71.6 Å². The van der Waals surface area contributed by atoms with Crippen molar-refractivity contribution in [2.75, 3.05) is 13.1 Å². The standard InChI is InChI=1S/C21H32N6O4/c1-13(2)17-15-10-22-25(6)18(15)19(29)27(24-17)12-16(28)23-14-8-7-9-26(11-14)20(30)31-21(3,4)5/h10,13-14H,7-9,11-12H2,1-6H3,(H,23,28)/t14-/m1/s1. The number of piperidine rings is 1. The average molecular weight is 433 g/mol. The lowest BCUT2D eigenvalue weighted by molar-refractivity contribution is -0.123. The number of fused-ring (bicyclic) bond motifs is 1. The third-order valence-corrected chi connectivity index (χ3v) is 5.16. The molecule has 1 atom stereocenters. The first-order valence-corrected chi connectivity index (χ1v) is 10.7. The Kier molecular flexibility index (Phi) is 6.38. The van der Waals surface area contributed by atoms with E-state index in [1.807, 2.05) is 34.6 Å². The number of hydrogen-bond donors (Lipinski definition) is 1. The fraction of sp³-hybridized carbons (Fsp3) is 0.667. The van der Waals surface area contributed by atoms with Crippen LogP contribution in [-0.4, -0.2) is 61.2 Å². The Morgan fingerprint density at radius 2 is 2.03 bits per heavy atom. The number of rotatable bonds is 4. The van der Waals surface area contributed by atoms with Gasteiger partial charge in [0.25, 0.3) is 5.56 Å². The molecule has 1 N–H and O–H groups in total. The van der Waals surface area contributed by atoms with Crippen LogP contribution in [0.5, 0.6) is 0 Å². The van der Waals surface area contributed by atoms with Gasteiger partial charge >= 0.3 is 6.09 Å². The molecule has 1 fully saturated rings. The second kappa shape index (κ2) is 8.68. The second-order valence-corrected chi connectivity index (χ2v) is 9.37. The van der Waals surface area contributed by atoms with Crippen molar-refractivity contribution in [3.05, 3.63) is 22.2 Å². The van der Waals surface area contributed by atoms with E-state index < -0.39 is 5.60 Å². The quantitative estimate of drug-likeness (QED) is 0.788. The van der Waals surface area contributed by atoms with E-state index in [1.165, 1.54) is 9.36 Å². The van der Waals surface area contributed by atoms with Gasteiger partial charge in [-0.2, -0.15) is 10.2 Å². The van der Waals surface area contributed by atoms with Gasteiger partial charge in [-0.05, 0) is 39.5 Å². The highest BCUT2D eigenvalue weighted by Crippen LogP contribution is 2.20. The van der Waals surface area contributed by atoms with Crippen LogP contribution >= 0.6 is 0 Å². The molecule has 10 heteroatoms. The molecule has 0 bridgehead atoms. The van der Waals surface area contributed by atoms with Gasteiger partial charge in [0.05, 0.1) is 11.9 Å². The summed E-state index contributed by atoms with van der Waals surface area (Å²) in [7, 11) is 1.70. The molecule has 0 radical (unpaired) electrons. The fourth-order valence-corrected chi connectivity index (χ4v) is 3.76. The highest BCUT2D eigenvalue weighted by molar-refractivity contribution is 5.81. The number of nitrogens with one attached hydrogen (secondary N) is 1. The number of amides is 2. The zero-order valence-corrected chi connectivity index (χ0v) is 19.1. The summed E-state index contributed by atoms with van der Waals surface area (Å²) in [5, 5.41) is 12.3. The van der Waals surface area contributed by atoms with Crippen LogP contribution in [0.4, 0.5) is 4.79 Å². The topological polar surface area (TPSA) is 111 Å². The molecule has 0 unspecified atom stereocenters. The molecule has 0 spiro atoms. The van der Waals surface area contributed by atoms with Gasteiger partial charge in [-0.1, -0.05) is 13.8 Å². The SMILES string of the molecule is CC(C)c1nn(CC(=O)N[C@@H]2CCCN(C(=O)OC(C)(C)C)C2)c(=O)c2c1cnn2C. The van der Waals surface area contributed by atoms with Gasteiger partial charge in [0, 0.05) is 31.6 Å². The lowest BCUT2D eigenvalue weighted by atomic mass is 10.1. The molecule has 0 aliphatic carbocycles. The maximum absolute atomic E-state index is 12.9. The molecule has 1 saturated heterocycles. The average Bonchev–Trinajstić information content (AvgIpc) is 3.04. The number of carbonyl (C=O) groups excluding carboxylic acids is 2. The Hall–Kier alpha value is -2.91. The lowest BCUT2D eigenvalue weighted by Gasteiger charge is -2.34. The monoisotopic (exact) mass is 432 g/mol. The summed E-state index contributed by atoms with van der Waals surface area (Å²) in [4.78, 5) is 39.5. The number of nitrogens with zero attached hydrogens (tertiary/aromatic N) is 5. The first-order chi connectivity index (χ1) is 14.5. The third kappa shape index (κ3) is 5.23. The number of ether oxygens (including phenoxy) is 1. The maximum atomic E-state index is 12.9. The predicted octanol–water partition coefficient (Wildman–Crippen LogP) is 1.77. The highest BCUT2D eigenvalue weighted by Gasteiger charge is 2.28. The zero-order chi connectivity index (χ0) is 22.9. The van der Waals surface area contributed by atoms with E-state index in [-0.39, 0.29) is 36.1 Å². The van der Waals surface area contributed by atoms with Gasteiger partial charge < -0.3 is 15.0 Å². The minimum absolute atomic E-state index is 0.0716. The van der Waals surface area contributed by atoms with Crippen molar-refractivity contribution in [1.29, 1.82) is 0 Å². The first-order valence-electron chi connectivity index (χ1n) is 10.7. The highest BCUT2D eigenvalue weighted by atomic mass is 16.6. The smallest absolute Gasteiger partial charge is 0.410 e. The molecule has 10 nitrogen and oxygen atoms in total. The lowest BCUT2D eigenvalue weighted by Crippen LogP contribution is -2.51. The van der Waals surface area contributed by atoms with E-state index in [0.29, 0.717) is 24.0 Å². The third-order valence-electron chi connectivity index (χ3n) is 5.16. The van der Waals surface area contributed by atoms with Crippen LogP contribution < -0.4 is 10.9 Å². The second-order valence-electron chi connectivity index (χ2n) is 9.37. The molecule has 2 amide bonds. The molecule has 3 heterocycles. The molecule has 2 aromatic rings. The van der Waals surface area contributed by atoms with Crippen molar-refractivity contribution >= 4 is 22.9 Å². The van der Waals surface area contributed by atoms with Gasteiger partial charge in [-0.15, -0.1) is 0 Å². The Bertz CT molecular complexity index is 1030. The van der Waals surface area contributed by atoms with E-state index in [2.05, 4.69) is 15.5 Å². The number of carbonyl (C=O) groups is 2. The minimum atomic E-state index is -0.571. The van der Waals surface area contributed by atoms with Crippen LogP contribution in [-0.2, 0) is 23.1 Å². The molecule has 3 rings (SSSR count). The van der Waals surface area contributed by atoms with Crippen LogP contribution in [0.25, 0.3) is 10.9 Å². The molecule has 31 heavy (non-hydrogen) atoms. The predicted molar refractivity (Wildman–Crippen MR) is 116 cm³/mol. The van der Waals surface area contributed by atoms with Gasteiger partial charge in [-0.3, -0.25) is 14.3 Å². The summed E-state index contributed by atoms with van der Waals surface area (Å²) in [6.45, 7) is 10.2. The largest absolute Gasteiger partial charge is 0.444 e. The number of hydrogen-bond acceptors (Lipinski definition) is 6. The molecule has 2 aromatic heterocycles. The molecule has 0 aromatic carbocycles.